The third kappa shape index (κ3) is 7.65. The van der Waals surface area contributed by atoms with Crippen molar-refractivity contribution in [2.75, 3.05) is 0 Å². The second kappa shape index (κ2) is 16.2. The summed E-state index contributed by atoms with van der Waals surface area (Å²) >= 11 is 1.94. The number of allylic oxidation sites excluding steroid dienone is 3. The fourth-order valence-corrected chi connectivity index (χ4v) is 11.3. The molecule has 285 valence electrons. The third-order valence-electron chi connectivity index (χ3n) is 10.8. The van der Waals surface area contributed by atoms with E-state index in [0.717, 1.165) is 45.8 Å². The van der Waals surface area contributed by atoms with Crippen LogP contribution in [-0.2, 0) is 26.5 Å². The predicted octanol–water partition coefficient (Wildman–Crippen LogP) is 12.8. The van der Waals surface area contributed by atoms with E-state index >= 15 is 0 Å². The summed E-state index contributed by atoms with van der Waals surface area (Å²) in [6, 6.07) is 49.7. The van der Waals surface area contributed by atoms with E-state index in [0.29, 0.717) is 17.1 Å². The van der Waals surface area contributed by atoms with Crippen LogP contribution in [-0.4, -0.2) is 27.9 Å². The molecule has 1 radical (unpaired) electrons. The van der Waals surface area contributed by atoms with Crippen LogP contribution in [0.5, 0.6) is 0 Å². The van der Waals surface area contributed by atoms with Crippen LogP contribution in [0, 0.1) is 18.1 Å². The van der Waals surface area contributed by atoms with Gasteiger partial charge in [0.15, 0.2) is 0 Å². The fourth-order valence-electron chi connectivity index (χ4n) is 8.23. The number of aromatic nitrogens is 3. The maximum absolute atomic E-state index is 5.29. The zero-order chi connectivity index (χ0) is 38.4. The second-order valence-electron chi connectivity index (χ2n) is 16.3. The van der Waals surface area contributed by atoms with Gasteiger partial charge in [0.2, 0.25) is 0 Å². The van der Waals surface area contributed by atoms with Crippen LogP contribution in [0.15, 0.2) is 157 Å². The summed E-state index contributed by atoms with van der Waals surface area (Å²) in [5.74, 6) is 2.02. The Morgan fingerprint density at radius 3 is 2.28 bits per heavy atom. The van der Waals surface area contributed by atoms with E-state index in [-0.39, 0.29) is 20.1 Å². The SMILES string of the molecule is CC(C)Cc1cc(-c2[c-]cccc2)ncc1[Si](C)(C)C.[Ir].[c-]1ccc2c(c1-c1nc3cc4ccccc4cc3n1-c1cccc3ccccc13)SC1C=CC=CC21. The summed E-state index contributed by atoms with van der Waals surface area (Å²) in [5, 5.41) is 6.78. The first-order chi connectivity index (χ1) is 27.2. The molecule has 3 nitrogen and oxygen atoms in total. The van der Waals surface area contributed by atoms with E-state index in [1.54, 1.807) is 0 Å². The van der Waals surface area contributed by atoms with Gasteiger partial charge in [0.25, 0.3) is 0 Å². The minimum atomic E-state index is -1.34. The predicted molar refractivity (Wildman–Crippen MR) is 241 cm³/mol. The second-order valence-corrected chi connectivity index (χ2v) is 22.6. The summed E-state index contributed by atoms with van der Waals surface area (Å²) in [4.78, 5) is 11.3. The Morgan fingerprint density at radius 1 is 0.772 bits per heavy atom. The maximum Gasteiger partial charge on any atom is 0.0798 e. The smallest absolute Gasteiger partial charge is 0.0798 e. The van der Waals surface area contributed by atoms with Crippen LogP contribution in [0.1, 0.15) is 30.9 Å². The maximum atomic E-state index is 5.29. The number of rotatable bonds is 6. The van der Waals surface area contributed by atoms with Crippen molar-refractivity contribution >= 4 is 57.6 Å². The molecule has 0 N–H and O–H groups in total. The standard InChI is InChI=1S/C33H21N2S.C18H24NSi.Ir/c1-2-11-23-20-30-28(19-22(23)10-1)34-33(35(30)29-17-7-12-21-9-3-4-13-24(21)29)27-16-8-15-26-25-14-5-6-18-31(25)36-32(26)27;1-14(2)11-16-12-17(15-9-7-6-8-10-15)19-13-18(16)20(3,4)5;/h1-15,17-20,25,31H;6-9,12-14H,11H2,1-5H3;/q2*-1;. The van der Waals surface area contributed by atoms with Gasteiger partial charge in [-0.1, -0.05) is 141 Å². The van der Waals surface area contributed by atoms with Gasteiger partial charge in [-0.25, -0.2) is 0 Å². The van der Waals surface area contributed by atoms with Gasteiger partial charge in [-0.3, -0.25) is 4.98 Å². The molecule has 2 aliphatic rings. The van der Waals surface area contributed by atoms with Crippen molar-refractivity contribution in [3.63, 3.8) is 0 Å². The summed E-state index contributed by atoms with van der Waals surface area (Å²) < 4.78 is 2.35. The van der Waals surface area contributed by atoms with Crippen LogP contribution in [0.4, 0.5) is 0 Å². The molecule has 8 aromatic rings. The van der Waals surface area contributed by atoms with Gasteiger partial charge < -0.3 is 9.55 Å². The minimum Gasteiger partial charge on any atom is -0.333 e. The van der Waals surface area contributed by atoms with Crippen molar-refractivity contribution in [1.29, 1.82) is 0 Å². The minimum absolute atomic E-state index is 0. The molecule has 2 aromatic heterocycles. The average Bonchev–Trinajstić information content (AvgIpc) is 3.78. The van der Waals surface area contributed by atoms with E-state index in [1.165, 1.54) is 42.8 Å². The Balaban J connectivity index is 0.000000186. The van der Waals surface area contributed by atoms with E-state index in [9.17, 15) is 0 Å². The number of nitrogens with zero attached hydrogens (tertiary/aromatic N) is 3. The number of hydrogen-bond donors (Lipinski definition) is 0. The number of fused-ring (bicyclic) bond motifs is 6. The van der Waals surface area contributed by atoms with Crippen LogP contribution in [0.3, 0.4) is 0 Å². The van der Waals surface area contributed by atoms with Crippen molar-refractivity contribution in [1.82, 2.24) is 14.5 Å². The van der Waals surface area contributed by atoms with Crippen molar-refractivity contribution in [3.8, 4) is 28.3 Å². The molecular weight excluding hydrogens is 907 g/mol. The van der Waals surface area contributed by atoms with E-state index < -0.39 is 8.07 Å². The van der Waals surface area contributed by atoms with Gasteiger partial charge in [-0.05, 0) is 57.6 Å². The van der Waals surface area contributed by atoms with E-state index in [4.69, 9.17) is 4.98 Å². The number of thioether (sulfide) groups is 1. The van der Waals surface area contributed by atoms with E-state index in [1.807, 2.05) is 30.0 Å². The first kappa shape index (κ1) is 39.0. The Kier molecular flexibility index (Phi) is 11.1. The molecule has 2 unspecified atom stereocenters. The molecule has 1 aliphatic heterocycles. The van der Waals surface area contributed by atoms with Gasteiger partial charge in [-0.2, -0.15) is 11.8 Å². The molecule has 10 rings (SSSR count). The summed E-state index contributed by atoms with van der Waals surface area (Å²) in [6.45, 7) is 11.7. The molecule has 6 heteroatoms. The third-order valence-corrected chi connectivity index (χ3v) is 14.3. The summed E-state index contributed by atoms with van der Waals surface area (Å²) in [5.41, 5.74) is 9.33. The number of pyridine rings is 1. The van der Waals surface area contributed by atoms with Crippen LogP contribution in [0.2, 0.25) is 19.6 Å². The summed E-state index contributed by atoms with van der Waals surface area (Å²) in [7, 11) is -1.34. The van der Waals surface area contributed by atoms with Gasteiger partial charge in [0, 0.05) is 48.5 Å². The number of benzene rings is 6. The van der Waals surface area contributed by atoms with Crippen molar-refractivity contribution in [3.05, 3.63) is 175 Å². The Morgan fingerprint density at radius 2 is 1.51 bits per heavy atom. The van der Waals surface area contributed by atoms with Gasteiger partial charge in [0.05, 0.1) is 24.9 Å². The van der Waals surface area contributed by atoms with E-state index in [2.05, 4.69) is 189 Å². The normalized spacial score (nSPS) is 15.7. The molecular formula is C51H45IrN3SSi-2. The summed E-state index contributed by atoms with van der Waals surface area (Å²) in [6.07, 6.45) is 12.2. The quantitative estimate of drug-likeness (QED) is 0.123. The molecule has 1 aliphatic carbocycles. The van der Waals surface area contributed by atoms with Crippen molar-refractivity contribution < 1.29 is 20.1 Å². The Hall–Kier alpha value is -4.84. The van der Waals surface area contributed by atoms with Crippen molar-refractivity contribution in [2.24, 2.45) is 5.92 Å². The van der Waals surface area contributed by atoms with Gasteiger partial charge in [-0.15, -0.1) is 59.7 Å². The average molecular weight is 952 g/mol. The molecule has 0 bridgehead atoms. The molecule has 57 heavy (non-hydrogen) atoms. The fraction of sp³-hybridized carbons (Fsp3) is 0.176. The molecule has 0 spiro atoms. The number of hydrogen-bond acceptors (Lipinski definition) is 3. The monoisotopic (exact) mass is 952 g/mol. The molecule has 3 heterocycles. The molecule has 0 amide bonds. The first-order valence-corrected chi connectivity index (χ1v) is 24.0. The van der Waals surface area contributed by atoms with Crippen LogP contribution in [0.25, 0.3) is 60.9 Å². The molecule has 2 atom stereocenters. The zero-order valence-electron chi connectivity index (χ0n) is 33.0. The molecule has 0 saturated carbocycles. The van der Waals surface area contributed by atoms with Crippen LogP contribution < -0.4 is 5.19 Å². The van der Waals surface area contributed by atoms with Gasteiger partial charge >= 0.3 is 0 Å². The Bertz CT molecular complexity index is 2790. The number of imidazole rings is 1. The molecule has 0 saturated heterocycles. The van der Waals surface area contributed by atoms with Crippen molar-refractivity contribution in [2.45, 2.75) is 56.0 Å². The van der Waals surface area contributed by atoms with Gasteiger partial charge in [0.1, 0.15) is 0 Å². The van der Waals surface area contributed by atoms with Crippen LogP contribution >= 0.6 is 11.8 Å². The molecule has 6 aromatic carbocycles. The topological polar surface area (TPSA) is 30.7 Å². The zero-order valence-corrected chi connectivity index (χ0v) is 37.2. The molecule has 0 fully saturated rings. The first-order valence-electron chi connectivity index (χ1n) is 19.7. The Labute approximate surface area is 355 Å². The largest absolute Gasteiger partial charge is 0.333 e.